The quantitative estimate of drug-likeness (QED) is 0.334. The van der Waals surface area contributed by atoms with Gasteiger partial charge in [-0.05, 0) is 54.3 Å². The molecule has 33 heavy (non-hydrogen) atoms. The van der Waals surface area contributed by atoms with Crippen molar-refractivity contribution in [1.82, 2.24) is 19.1 Å². The van der Waals surface area contributed by atoms with Gasteiger partial charge in [-0.3, -0.25) is 4.57 Å². The molecular formula is C28H20N4O. The van der Waals surface area contributed by atoms with Gasteiger partial charge in [0.1, 0.15) is 17.3 Å². The fraction of sp³-hybridized carbons (Fsp3) is 0.0714. The van der Waals surface area contributed by atoms with Gasteiger partial charge in [0.15, 0.2) is 0 Å². The molecule has 1 aliphatic rings. The summed E-state index contributed by atoms with van der Waals surface area (Å²) in [7, 11) is 0. The number of aryl methyl sites for hydroxylation is 2. The average molecular weight is 428 g/mol. The first-order valence-corrected chi connectivity index (χ1v) is 11.1. The number of imidazole rings is 1. The first-order chi connectivity index (χ1) is 16.3. The third-order valence-corrected chi connectivity index (χ3v) is 6.44. The average Bonchev–Trinajstić information content (AvgIpc) is 3.46. The second-order valence-corrected chi connectivity index (χ2v) is 8.38. The number of hydrogen-bond acceptors (Lipinski definition) is 3. The number of para-hydroxylation sites is 1. The Labute approximate surface area is 190 Å². The molecule has 4 heterocycles. The van der Waals surface area contributed by atoms with Crippen LogP contribution in [0, 0.1) is 0 Å². The third kappa shape index (κ3) is 2.86. The first-order valence-electron chi connectivity index (χ1n) is 11.1. The predicted octanol–water partition coefficient (Wildman–Crippen LogP) is 6.26. The molecule has 0 bridgehead atoms. The molecule has 3 aromatic carbocycles. The highest BCUT2D eigenvalue weighted by molar-refractivity contribution is 6.10. The zero-order chi connectivity index (χ0) is 21.8. The van der Waals surface area contributed by atoms with E-state index in [4.69, 9.17) is 9.72 Å². The minimum Gasteiger partial charge on any atom is -0.457 e. The molecule has 7 rings (SSSR count). The Kier molecular flexibility index (Phi) is 3.90. The van der Waals surface area contributed by atoms with Crippen molar-refractivity contribution in [3.63, 3.8) is 0 Å². The predicted molar refractivity (Wildman–Crippen MR) is 130 cm³/mol. The summed E-state index contributed by atoms with van der Waals surface area (Å²) in [5.74, 6) is 2.60. The van der Waals surface area contributed by atoms with Crippen LogP contribution in [0.5, 0.6) is 11.5 Å². The summed E-state index contributed by atoms with van der Waals surface area (Å²) >= 11 is 0. The van der Waals surface area contributed by atoms with E-state index >= 15 is 0 Å². The molecule has 158 valence electrons. The van der Waals surface area contributed by atoms with Gasteiger partial charge in [0, 0.05) is 41.5 Å². The van der Waals surface area contributed by atoms with Crippen molar-refractivity contribution in [1.29, 1.82) is 0 Å². The lowest BCUT2D eigenvalue weighted by atomic mass is 10.0. The molecule has 0 unspecified atom stereocenters. The molecule has 0 atom stereocenters. The summed E-state index contributed by atoms with van der Waals surface area (Å²) in [6, 6.07) is 25.2. The zero-order valence-corrected chi connectivity index (χ0v) is 17.8. The number of hydrogen-bond donors (Lipinski definition) is 0. The fourth-order valence-corrected chi connectivity index (χ4v) is 4.95. The fourth-order valence-electron chi connectivity index (χ4n) is 4.95. The monoisotopic (exact) mass is 428 g/mol. The zero-order valence-electron chi connectivity index (χ0n) is 17.8. The van der Waals surface area contributed by atoms with E-state index in [0.29, 0.717) is 0 Å². The normalized spacial score (nSPS) is 12.6. The van der Waals surface area contributed by atoms with E-state index in [9.17, 15) is 0 Å². The van der Waals surface area contributed by atoms with E-state index < -0.39 is 0 Å². The van der Waals surface area contributed by atoms with Crippen LogP contribution in [0.1, 0.15) is 11.1 Å². The Bertz CT molecular complexity index is 1650. The third-order valence-electron chi connectivity index (χ3n) is 6.44. The molecule has 3 aromatic heterocycles. The molecule has 0 spiro atoms. The van der Waals surface area contributed by atoms with Crippen LogP contribution < -0.4 is 4.74 Å². The molecule has 5 nitrogen and oxygen atoms in total. The van der Waals surface area contributed by atoms with Crippen LogP contribution >= 0.6 is 0 Å². The molecule has 1 aliphatic heterocycles. The lowest BCUT2D eigenvalue weighted by Crippen LogP contribution is -2.00. The Morgan fingerprint density at radius 3 is 2.58 bits per heavy atom. The lowest BCUT2D eigenvalue weighted by Gasteiger charge is -2.11. The lowest BCUT2D eigenvalue weighted by molar-refractivity contribution is 0.483. The maximum atomic E-state index is 6.32. The highest BCUT2D eigenvalue weighted by atomic mass is 16.5. The Balaban J connectivity index is 1.40. The van der Waals surface area contributed by atoms with Gasteiger partial charge in [0.25, 0.3) is 0 Å². The van der Waals surface area contributed by atoms with Crippen LogP contribution in [-0.4, -0.2) is 19.1 Å². The summed E-state index contributed by atoms with van der Waals surface area (Å²) in [5.41, 5.74) is 6.00. The van der Waals surface area contributed by atoms with E-state index in [1.807, 2.05) is 53.4 Å². The number of benzene rings is 3. The highest BCUT2D eigenvalue weighted by Crippen LogP contribution is 2.39. The summed E-state index contributed by atoms with van der Waals surface area (Å²) in [6.45, 7) is 0. The van der Waals surface area contributed by atoms with Gasteiger partial charge in [-0.2, -0.15) is 0 Å². The van der Waals surface area contributed by atoms with Gasteiger partial charge in [-0.25, -0.2) is 9.97 Å². The van der Waals surface area contributed by atoms with Gasteiger partial charge in [-0.15, -0.1) is 0 Å². The van der Waals surface area contributed by atoms with Crippen LogP contribution in [-0.2, 0) is 12.8 Å². The minimum absolute atomic E-state index is 0.784. The van der Waals surface area contributed by atoms with Gasteiger partial charge < -0.3 is 9.30 Å². The molecule has 0 saturated carbocycles. The standard InChI is InChI=1S/C28H20N4O/c1-4-19-9-10-20-5-3-13-30-28(20)32-26-17-23(11-12-24(26)25(8-1)27(19)32)33-22-7-2-6-21(16-22)31-15-14-29-18-31/h1-8,11-18H,9-10H2. The Hall–Kier alpha value is -4.38. The van der Waals surface area contributed by atoms with Crippen molar-refractivity contribution in [2.45, 2.75) is 12.8 Å². The molecular weight excluding hydrogens is 408 g/mol. The summed E-state index contributed by atoms with van der Waals surface area (Å²) in [4.78, 5) is 8.93. The van der Waals surface area contributed by atoms with Crippen molar-refractivity contribution in [2.24, 2.45) is 0 Å². The van der Waals surface area contributed by atoms with Crippen molar-refractivity contribution in [3.8, 4) is 23.0 Å². The van der Waals surface area contributed by atoms with E-state index in [1.54, 1.807) is 12.5 Å². The maximum Gasteiger partial charge on any atom is 0.140 e. The topological polar surface area (TPSA) is 44.9 Å². The summed E-state index contributed by atoms with van der Waals surface area (Å²) in [6.07, 6.45) is 9.36. The number of fused-ring (bicyclic) bond motifs is 5. The van der Waals surface area contributed by atoms with Crippen LogP contribution in [0.15, 0.2) is 97.7 Å². The molecule has 0 aliphatic carbocycles. The van der Waals surface area contributed by atoms with Crippen molar-refractivity contribution >= 4 is 21.8 Å². The highest BCUT2D eigenvalue weighted by Gasteiger charge is 2.21. The number of ether oxygens (including phenoxy) is 1. The van der Waals surface area contributed by atoms with Gasteiger partial charge in [0.05, 0.1) is 23.0 Å². The number of pyridine rings is 1. The number of aromatic nitrogens is 4. The summed E-state index contributed by atoms with van der Waals surface area (Å²) < 4.78 is 10.6. The molecule has 0 fully saturated rings. The van der Waals surface area contributed by atoms with E-state index in [0.717, 1.165) is 41.4 Å². The summed E-state index contributed by atoms with van der Waals surface area (Å²) in [5, 5.41) is 2.47. The molecule has 0 N–H and O–H groups in total. The Morgan fingerprint density at radius 1 is 0.758 bits per heavy atom. The minimum atomic E-state index is 0.784. The van der Waals surface area contributed by atoms with Crippen LogP contribution in [0.25, 0.3) is 33.3 Å². The van der Waals surface area contributed by atoms with Crippen LogP contribution in [0.3, 0.4) is 0 Å². The molecule has 0 saturated heterocycles. The molecule has 5 heteroatoms. The first kappa shape index (κ1) is 18.2. The van der Waals surface area contributed by atoms with Gasteiger partial charge in [-0.1, -0.05) is 30.3 Å². The van der Waals surface area contributed by atoms with Crippen LogP contribution in [0.2, 0.25) is 0 Å². The second kappa shape index (κ2) is 7.07. The largest absolute Gasteiger partial charge is 0.457 e. The van der Waals surface area contributed by atoms with E-state index in [1.165, 1.54) is 27.4 Å². The van der Waals surface area contributed by atoms with Gasteiger partial charge >= 0.3 is 0 Å². The smallest absolute Gasteiger partial charge is 0.140 e. The van der Waals surface area contributed by atoms with Gasteiger partial charge in [0.2, 0.25) is 0 Å². The van der Waals surface area contributed by atoms with Crippen molar-refractivity contribution in [2.75, 3.05) is 0 Å². The maximum absolute atomic E-state index is 6.32. The van der Waals surface area contributed by atoms with E-state index in [-0.39, 0.29) is 0 Å². The SMILES string of the molecule is c1cc(Oc2ccc3c4cccc5c4n(c3c2)-c2ncccc2CC5)cc(-n2ccnc2)c1. The van der Waals surface area contributed by atoms with Crippen molar-refractivity contribution < 1.29 is 4.74 Å². The Morgan fingerprint density at radius 2 is 1.64 bits per heavy atom. The number of rotatable bonds is 3. The van der Waals surface area contributed by atoms with Crippen LogP contribution in [0.4, 0.5) is 0 Å². The molecule has 0 radical (unpaired) electrons. The molecule has 6 aromatic rings. The second-order valence-electron chi connectivity index (χ2n) is 8.38. The molecule has 0 amide bonds. The number of nitrogens with zero attached hydrogens (tertiary/aromatic N) is 4. The van der Waals surface area contributed by atoms with E-state index in [2.05, 4.69) is 45.9 Å². The van der Waals surface area contributed by atoms with Crippen molar-refractivity contribution in [3.05, 3.63) is 109 Å².